The molecule has 0 radical (unpaired) electrons. The summed E-state index contributed by atoms with van der Waals surface area (Å²) in [6.07, 6.45) is 1.30. The van der Waals surface area contributed by atoms with Gasteiger partial charge in [0.2, 0.25) is 0 Å². The van der Waals surface area contributed by atoms with E-state index in [1.165, 1.54) is 0 Å². The first kappa shape index (κ1) is 11.2. The second-order valence-corrected chi connectivity index (χ2v) is 4.67. The van der Waals surface area contributed by atoms with Crippen LogP contribution in [0.1, 0.15) is 38.6 Å². The number of hydrogen-bond acceptors (Lipinski definition) is 2. The number of fused-ring (bicyclic) bond motifs is 1. The summed E-state index contributed by atoms with van der Waals surface area (Å²) >= 11 is 0. The number of furan rings is 1. The number of rotatable bonds is 4. The second-order valence-electron chi connectivity index (χ2n) is 4.67. The molecule has 0 spiro atoms. The average molecular weight is 218 g/mol. The zero-order valence-corrected chi connectivity index (χ0v) is 9.81. The molecule has 16 heavy (non-hydrogen) atoms. The van der Waals surface area contributed by atoms with Gasteiger partial charge in [0.15, 0.2) is 0 Å². The molecule has 0 amide bonds. The van der Waals surface area contributed by atoms with Crippen LogP contribution in [-0.2, 0) is 0 Å². The molecule has 2 aromatic rings. The van der Waals surface area contributed by atoms with E-state index in [4.69, 9.17) is 4.42 Å². The Bertz CT molecular complexity index is 423. The summed E-state index contributed by atoms with van der Waals surface area (Å²) in [4.78, 5) is 0. The molecule has 0 aliphatic heterocycles. The lowest BCUT2D eigenvalue weighted by Gasteiger charge is -2.08. The molecule has 0 bridgehead atoms. The molecule has 0 aliphatic carbocycles. The van der Waals surface area contributed by atoms with Gasteiger partial charge in [0.05, 0.1) is 0 Å². The largest absolute Gasteiger partial charge is 0.458 e. The van der Waals surface area contributed by atoms with E-state index in [-0.39, 0.29) is 0 Å². The summed E-state index contributed by atoms with van der Waals surface area (Å²) in [5.41, 5.74) is 0.848. The third-order valence-corrected chi connectivity index (χ3v) is 2.79. The molecule has 1 unspecified atom stereocenters. The van der Waals surface area contributed by atoms with Gasteiger partial charge in [0.1, 0.15) is 17.4 Å². The Hall–Kier alpha value is -1.28. The molecule has 1 heterocycles. The quantitative estimate of drug-likeness (QED) is 0.844. The predicted octanol–water partition coefficient (Wildman–Crippen LogP) is 3.90. The molecule has 2 nitrogen and oxygen atoms in total. The first-order valence-electron chi connectivity index (χ1n) is 5.83. The van der Waals surface area contributed by atoms with Gasteiger partial charge in [-0.05, 0) is 30.9 Å². The maximum absolute atomic E-state index is 9.98. The van der Waals surface area contributed by atoms with Gasteiger partial charge in [-0.1, -0.05) is 32.0 Å². The Morgan fingerprint density at radius 2 is 1.94 bits per heavy atom. The van der Waals surface area contributed by atoms with Crippen molar-refractivity contribution in [3.05, 3.63) is 36.1 Å². The fraction of sp³-hybridized carbons (Fsp3) is 0.429. The Kier molecular flexibility index (Phi) is 3.30. The van der Waals surface area contributed by atoms with Gasteiger partial charge < -0.3 is 9.52 Å². The highest BCUT2D eigenvalue weighted by molar-refractivity contribution is 5.77. The van der Waals surface area contributed by atoms with Gasteiger partial charge >= 0.3 is 0 Å². The molecule has 1 aromatic carbocycles. The van der Waals surface area contributed by atoms with Gasteiger partial charge in [-0.2, -0.15) is 0 Å². The second kappa shape index (κ2) is 4.71. The first-order chi connectivity index (χ1) is 7.66. The third kappa shape index (κ3) is 2.45. The smallest absolute Gasteiger partial charge is 0.134 e. The van der Waals surface area contributed by atoms with Crippen LogP contribution >= 0.6 is 0 Å². The molecular weight excluding hydrogens is 200 g/mol. The number of benzene rings is 1. The highest BCUT2D eigenvalue weighted by atomic mass is 16.4. The van der Waals surface area contributed by atoms with Crippen LogP contribution in [0.15, 0.2) is 34.7 Å². The maximum atomic E-state index is 9.98. The summed E-state index contributed by atoms with van der Waals surface area (Å²) < 4.78 is 5.61. The fourth-order valence-corrected chi connectivity index (χ4v) is 1.80. The Morgan fingerprint density at radius 1 is 1.19 bits per heavy atom. The molecule has 0 saturated carbocycles. The SMILES string of the molecule is CC(C)CCC(O)c1cc2ccccc2o1. The molecule has 1 atom stereocenters. The lowest BCUT2D eigenvalue weighted by Crippen LogP contribution is -1.98. The van der Waals surface area contributed by atoms with E-state index in [2.05, 4.69) is 13.8 Å². The molecule has 0 aliphatic rings. The molecule has 2 rings (SSSR count). The Labute approximate surface area is 95.9 Å². The minimum absolute atomic E-state index is 0.477. The minimum atomic E-state index is -0.477. The number of para-hydroxylation sites is 1. The number of hydrogen-bond donors (Lipinski definition) is 1. The standard InChI is InChI=1S/C14H18O2/c1-10(2)7-8-12(15)14-9-11-5-3-4-6-13(11)16-14/h3-6,9-10,12,15H,7-8H2,1-2H3. The van der Waals surface area contributed by atoms with E-state index in [0.29, 0.717) is 11.7 Å². The van der Waals surface area contributed by atoms with E-state index in [1.807, 2.05) is 30.3 Å². The summed E-state index contributed by atoms with van der Waals surface area (Å²) in [7, 11) is 0. The van der Waals surface area contributed by atoms with Crippen LogP contribution in [0.2, 0.25) is 0 Å². The van der Waals surface area contributed by atoms with Crippen molar-refractivity contribution in [3.8, 4) is 0 Å². The van der Waals surface area contributed by atoms with Crippen molar-refractivity contribution in [3.63, 3.8) is 0 Å². The summed E-state index contributed by atoms with van der Waals surface area (Å²) in [6.45, 7) is 4.32. The van der Waals surface area contributed by atoms with Crippen molar-refractivity contribution in [2.24, 2.45) is 5.92 Å². The van der Waals surface area contributed by atoms with Gasteiger partial charge in [-0.25, -0.2) is 0 Å². The highest BCUT2D eigenvalue weighted by Crippen LogP contribution is 2.27. The monoisotopic (exact) mass is 218 g/mol. The van der Waals surface area contributed by atoms with Crippen molar-refractivity contribution in [2.75, 3.05) is 0 Å². The molecule has 0 fully saturated rings. The van der Waals surface area contributed by atoms with E-state index in [9.17, 15) is 5.11 Å². The van der Waals surface area contributed by atoms with E-state index < -0.39 is 6.10 Å². The van der Waals surface area contributed by atoms with Crippen molar-refractivity contribution >= 4 is 11.0 Å². The summed E-state index contributed by atoms with van der Waals surface area (Å²) in [6, 6.07) is 9.77. The molecule has 0 saturated heterocycles. The topological polar surface area (TPSA) is 33.4 Å². The molecule has 86 valence electrons. The zero-order chi connectivity index (χ0) is 11.5. The van der Waals surface area contributed by atoms with Crippen LogP contribution in [0.4, 0.5) is 0 Å². The van der Waals surface area contributed by atoms with Gasteiger partial charge in [-0.15, -0.1) is 0 Å². The van der Waals surface area contributed by atoms with Crippen molar-refractivity contribution in [2.45, 2.75) is 32.8 Å². The van der Waals surface area contributed by atoms with Crippen molar-refractivity contribution in [1.29, 1.82) is 0 Å². The van der Waals surface area contributed by atoms with E-state index in [0.717, 1.165) is 23.8 Å². The molecular formula is C14H18O2. The number of aliphatic hydroxyl groups excluding tert-OH is 1. The molecule has 2 heteroatoms. The van der Waals surface area contributed by atoms with E-state index >= 15 is 0 Å². The Morgan fingerprint density at radius 3 is 2.62 bits per heavy atom. The lowest BCUT2D eigenvalue weighted by molar-refractivity contribution is 0.135. The van der Waals surface area contributed by atoms with Crippen LogP contribution in [0.5, 0.6) is 0 Å². The van der Waals surface area contributed by atoms with Crippen molar-refractivity contribution < 1.29 is 9.52 Å². The van der Waals surface area contributed by atoms with Crippen LogP contribution in [0.3, 0.4) is 0 Å². The average Bonchev–Trinajstić information content (AvgIpc) is 2.69. The number of aliphatic hydroxyl groups is 1. The van der Waals surface area contributed by atoms with Gasteiger partial charge in [-0.3, -0.25) is 0 Å². The molecule has 1 N–H and O–H groups in total. The third-order valence-electron chi connectivity index (χ3n) is 2.79. The summed E-state index contributed by atoms with van der Waals surface area (Å²) in [5.74, 6) is 1.29. The lowest BCUT2D eigenvalue weighted by atomic mass is 10.0. The minimum Gasteiger partial charge on any atom is -0.458 e. The van der Waals surface area contributed by atoms with E-state index in [1.54, 1.807) is 0 Å². The fourth-order valence-electron chi connectivity index (χ4n) is 1.80. The van der Waals surface area contributed by atoms with Crippen LogP contribution < -0.4 is 0 Å². The first-order valence-corrected chi connectivity index (χ1v) is 5.83. The molecule has 1 aromatic heterocycles. The van der Waals surface area contributed by atoms with Gasteiger partial charge in [0.25, 0.3) is 0 Å². The van der Waals surface area contributed by atoms with Gasteiger partial charge in [0, 0.05) is 5.39 Å². The highest BCUT2D eigenvalue weighted by Gasteiger charge is 2.13. The Balaban J connectivity index is 2.13. The van der Waals surface area contributed by atoms with Crippen LogP contribution in [0, 0.1) is 5.92 Å². The van der Waals surface area contributed by atoms with Crippen LogP contribution in [-0.4, -0.2) is 5.11 Å². The zero-order valence-electron chi connectivity index (χ0n) is 9.81. The predicted molar refractivity (Wildman–Crippen MR) is 65.2 cm³/mol. The van der Waals surface area contributed by atoms with Crippen molar-refractivity contribution in [1.82, 2.24) is 0 Å². The maximum Gasteiger partial charge on any atom is 0.134 e. The summed E-state index contributed by atoms with van der Waals surface area (Å²) in [5, 5.41) is 11.0. The van der Waals surface area contributed by atoms with Crippen LogP contribution in [0.25, 0.3) is 11.0 Å². The normalized spacial score (nSPS) is 13.5.